The van der Waals surface area contributed by atoms with Crippen LogP contribution < -0.4 is 0 Å². The maximum atomic E-state index is 2.46. The monoisotopic (exact) mass is 222 g/mol. The first kappa shape index (κ1) is 12.5. The molecular weight excluding hydrogens is 192 g/mol. The summed E-state index contributed by atoms with van der Waals surface area (Å²) in [6.45, 7) is 4.91. The van der Waals surface area contributed by atoms with Gasteiger partial charge in [0, 0.05) is 0 Å². The highest BCUT2D eigenvalue weighted by Gasteiger charge is 2.26. The molecule has 0 radical (unpaired) electrons. The largest absolute Gasteiger partial charge is 0.0625 e. The average Bonchev–Trinajstić information content (AvgIpc) is 2.59. The third-order valence-corrected chi connectivity index (χ3v) is 5.27. The van der Waals surface area contributed by atoms with Crippen LogP contribution in [-0.2, 0) is 0 Å². The number of hydrogen-bond donors (Lipinski definition) is 0. The van der Waals surface area contributed by atoms with Crippen LogP contribution in [0.15, 0.2) is 0 Å². The van der Waals surface area contributed by atoms with Gasteiger partial charge in [0.2, 0.25) is 0 Å². The smallest absolute Gasteiger partial charge is 0.0386 e. The van der Waals surface area contributed by atoms with Crippen LogP contribution in [-0.4, -0.2) is 0 Å². The Bertz CT molecular complexity index is 174. The quantitative estimate of drug-likeness (QED) is 0.520. The topological polar surface area (TPSA) is 0 Å². The van der Waals surface area contributed by atoms with Crippen molar-refractivity contribution in [1.29, 1.82) is 0 Å². The zero-order valence-corrected chi connectivity index (χ0v) is 11.4. The van der Waals surface area contributed by atoms with Crippen molar-refractivity contribution in [2.45, 2.75) is 78.1 Å². The molecule has 2 rings (SSSR count). The second kappa shape index (κ2) is 6.07. The normalized spacial score (nSPS) is 42.4. The van der Waals surface area contributed by atoms with Crippen molar-refractivity contribution in [1.82, 2.24) is 0 Å². The SMILES string of the molecule is CC1CCCC(C2CCCC(C)CC2)CC1. The highest BCUT2D eigenvalue weighted by molar-refractivity contribution is 4.77. The van der Waals surface area contributed by atoms with Crippen LogP contribution in [0.2, 0.25) is 0 Å². The van der Waals surface area contributed by atoms with E-state index in [0.29, 0.717) is 0 Å². The van der Waals surface area contributed by atoms with E-state index >= 15 is 0 Å². The predicted octanol–water partition coefficient (Wildman–Crippen LogP) is 5.42. The maximum Gasteiger partial charge on any atom is -0.0386 e. The van der Waals surface area contributed by atoms with Crippen LogP contribution in [0.1, 0.15) is 78.1 Å². The van der Waals surface area contributed by atoms with Crippen LogP contribution in [0.3, 0.4) is 0 Å². The summed E-state index contributed by atoms with van der Waals surface area (Å²) in [5.41, 5.74) is 0. The van der Waals surface area contributed by atoms with Gasteiger partial charge >= 0.3 is 0 Å². The van der Waals surface area contributed by atoms with Gasteiger partial charge in [-0.2, -0.15) is 0 Å². The molecule has 0 heterocycles. The molecule has 0 N–H and O–H groups in total. The third kappa shape index (κ3) is 3.50. The molecular formula is C16H30. The molecule has 0 aromatic heterocycles. The lowest BCUT2D eigenvalue weighted by Gasteiger charge is -2.25. The summed E-state index contributed by atoms with van der Waals surface area (Å²) in [6.07, 6.45) is 15.2. The highest BCUT2D eigenvalue weighted by atomic mass is 14.3. The molecule has 2 aliphatic carbocycles. The molecule has 0 amide bonds. The van der Waals surface area contributed by atoms with E-state index < -0.39 is 0 Å². The molecule has 2 fully saturated rings. The van der Waals surface area contributed by atoms with E-state index in [4.69, 9.17) is 0 Å². The summed E-state index contributed by atoms with van der Waals surface area (Å²) in [4.78, 5) is 0. The molecule has 0 bridgehead atoms. The lowest BCUT2D eigenvalue weighted by Crippen LogP contribution is -2.13. The van der Waals surface area contributed by atoms with E-state index in [1.807, 2.05) is 0 Å². The zero-order chi connectivity index (χ0) is 11.4. The Morgan fingerprint density at radius 2 is 0.938 bits per heavy atom. The summed E-state index contributed by atoms with van der Waals surface area (Å²) < 4.78 is 0. The molecule has 0 spiro atoms. The fraction of sp³-hybridized carbons (Fsp3) is 1.00. The summed E-state index contributed by atoms with van der Waals surface area (Å²) in [6, 6.07) is 0. The molecule has 94 valence electrons. The molecule has 0 aromatic rings. The van der Waals surface area contributed by atoms with Gasteiger partial charge in [-0.15, -0.1) is 0 Å². The summed E-state index contributed by atoms with van der Waals surface area (Å²) >= 11 is 0. The van der Waals surface area contributed by atoms with Crippen molar-refractivity contribution in [3.63, 3.8) is 0 Å². The molecule has 0 aliphatic heterocycles. The molecule has 16 heavy (non-hydrogen) atoms. The van der Waals surface area contributed by atoms with Crippen molar-refractivity contribution < 1.29 is 0 Å². The molecule has 2 aliphatic rings. The van der Waals surface area contributed by atoms with E-state index in [1.54, 1.807) is 25.7 Å². The zero-order valence-electron chi connectivity index (χ0n) is 11.4. The van der Waals surface area contributed by atoms with Crippen molar-refractivity contribution in [2.75, 3.05) is 0 Å². The van der Waals surface area contributed by atoms with Gasteiger partial charge in [0.15, 0.2) is 0 Å². The van der Waals surface area contributed by atoms with Crippen molar-refractivity contribution >= 4 is 0 Å². The lowest BCUT2D eigenvalue weighted by atomic mass is 9.81. The van der Waals surface area contributed by atoms with Gasteiger partial charge < -0.3 is 0 Å². The van der Waals surface area contributed by atoms with Gasteiger partial charge in [-0.3, -0.25) is 0 Å². The lowest BCUT2D eigenvalue weighted by molar-refractivity contribution is 0.264. The molecule has 4 unspecified atom stereocenters. The van der Waals surface area contributed by atoms with Crippen molar-refractivity contribution in [2.24, 2.45) is 23.7 Å². The van der Waals surface area contributed by atoms with Crippen LogP contribution in [0.4, 0.5) is 0 Å². The van der Waals surface area contributed by atoms with Crippen LogP contribution in [0.25, 0.3) is 0 Å². The maximum absolute atomic E-state index is 2.46. The Hall–Kier alpha value is 0. The fourth-order valence-electron chi connectivity index (χ4n) is 3.97. The number of rotatable bonds is 1. The Kier molecular flexibility index (Phi) is 4.73. The fourth-order valence-corrected chi connectivity index (χ4v) is 3.97. The van der Waals surface area contributed by atoms with Crippen molar-refractivity contribution in [3.05, 3.63) is 0 Å². The minimum absolute atomic E-state index is 1.01. The summed E-state index contributed by atoms with van der Waals surface area (Å²) in [5.74, 6) is 4.20. The first-order valence-electron chi connectivity index (χ1n) is 7.75. The van der Waals surface area contributed by atoms with Gasteiger partial charge in [0.05, 0.1) is 0 Å². The Morgan fingerprint density at radius 1 is 0.500 bits per heavy atom. The first-order chi connectivity index (χ1) is 7.75. The second-order valence-electron chi connectivity index (χ2n) is 6.75. The van der Waals surface area contributed by atoms with E-state index in [9.17, 15) is 0 Å². The number of hydrogen-bond acceptors (Lipinski definition) is 0. The second-order valence-corrected chi connectivity index (χ2v) is 6.75. The molecule has 4 atom stereocenters. The highest BCUT2D eigenvalue weighted by Crippen LogP contribution is 2.38. The van der Waals surface area contributed by atoms with Crippen molar-refractivity contribution in [3.8, 4) is 0 Å². The van der Waals surface area contributed by atoms with E-state index in [2.05, 4.69) is 13.8 Å². The molecule has 0 heteroatoms. The summed E-state index contributed by atoms with van der Waals surface area (Å²) in [7, 11) is 0. The Labute approximate surface area is 102 Å². The Balaban J connectivity index is 1.85. The predicted molar refractivity (Wildman–Crippen MR) is 71.5 cm³/mol. The van der Waals surface area contributed by atoms with E-state index in [0.717, 1.165) is 23.7 Å². The molecule has 0 nitrogen and oxygen atoms in total. The van der Waals surface area contributed by atoms with Gasteiger partial charge in [-0.1, -0.05) is 65.2 Å². The average molecular weight is 222 g/mol. The minimum atomic E-state index is 1.01. The molecule has 0 aromatic carbocycles. The van der Waals surface area contributed by atoms with Crippen LogP contribution in [0.5, 0.6) is 0 Å². The van der Waals surface area contributed by atoms with Gasteiger partial charge in [0.25, 0.3) is 0 Å². The minimum Gasteiger partial charge on any atom is -0.0625 e. The van der Waals surface area contributed by atoms with Crippen LogP contribution in [0, 0.1) is 23.7 Å². The Morgan fingerprint density at radius 3 is 1.38 bits per heavy atom. The van der Waals surface area contributed by atoms with Gasteiger partial charge in [-0.05, 0) is 36.5 Å². The van der Waals surface area contributed by atoms with E-state index in [1.165, 1.54) is 38.5 Å². The standard InChI is InChI=1S/C16H30/c1-13-5-3-7-15(11-9-13)16-8-4-6-14(2)10-12-16/h13-16H,3-12H2,1-2H3. The molecule has 0 saturated heterocycles. The molecule has 2 saturated carbocycles. The van der Waals surface area contributed by atoms with Gasteiger partial charge in [0.1, 0.15) is 0 Å². The van der Waals surface area contributed by atoms with E-state index in [-0.39, 0.29) is 0 Å². The third-order valence-electron chi connectivity index (χ3n) is 5.27. The summed E-state index contributed by atoms with van der Waals surface area (Å²) in [5, 5.41) is 0. The first-order valence-corrected chi connectivity index (χ1v) is 7.75. The van der Waals surface area contributed by atoms with Crippen LogP contribution >= 0.6 is 0 Å². The van der Waals surface area contributed by atoms with Gasteiger partial charge in [-0.25, -0.2) is 0 Å².